The van der Waals surface area contributed by atoms with Crippen molar-refractivity contribution >= 4 is 5.69 Å². The molecule has 1 aromatic rings. The standard InChI is InChI=1S/C11H15FN2/c1-14(8-9-3-2-4-9)10-5-6-13-11(12)7-10/h5-7,9H,2-4,8H2,1H3. The molecule has 3 heteroatoms. The summed E-state index contributed by atoms with van der Waals surface area (Å²) in [6, 6.07) is 3.33. The van der Waals surface area contributed by atoms with E-state index in [0.717, 1.165) is 18.2 Å². The molecule has 2 rings (SSSR count). The summed E-state index contributed by atoms with van der Waals surface area (Å²) in [5.74, 6) is 0.402. The number of rotatable bonds is 3. The minimum Gasteiger partial charge on any atom is -0.374 e. The minimum atomic E-state index is -0.400. The second-order valence-electron chi connectivity index (χ2n) is 4.01. The lowest BCUT2D eigenvalue weighted by atomic mass is 9.85. The molecule has 1 aromatic heterocycles. The van der Waals surface area contributed by atoms with Crippen molar-refractivity contribution in [2.45, 2.75) is 19.3 Å². The number of aromatic nitrogens is 1. The van der Waals surface area contributed by atoms with Crippen molar-refractivity contribution in [2.75, 3.05) is 18.5 Å². The largest absolute Gasteiger partial charge is 0.374 e. The fraction of sp³-hybridized carbons (Fsp3) is 0.545. The van der Waals surface area contributed by atoms with Gasteiger partial charge < -0.3 is 4.90 Å². The van der Waals surface area contributed by atoms with Crippen LogP contribution in [0.15, 0.2) is 18.3 Å². The summed E-state index contributed by atoms with van der Waals surface area (Å²) < 4.78 is 12.8. The number of hydrogen-bond donors (Lipinski definition) is 0. The highest BCUT2D eigenvalue weighted by Gasteiger charge is 2.19. The SMILES string of the molecule is CN(CC1CCC1)c1ccnc(F)c1. The van der Waals surface area contributed by atoms with Gasteiger partial charge in [-0.1, -0.05) is 6.42 Å². The summed E-state index contributed by atoms with van der Waals surface area (Å²) in [6.07, 6.45) is 5.50. The van der Waals surface area contributed by atoms with Crippen LogP contribution in [0.3, 0.4) is 0 Å². The molecule has 1 fully saturated rings. The van der Waals surface area contributed by atoms with Crippen molar-refractivity contribution in [3.63, 3.8) is 0 Å². The van der Waals surface area contributed by atoms with E-state index in [1.807, 2.05) is 13.1 Å². The Morgan fingerprint density at radius 1 is 1.57 bits per heavy atom. The number of halogens is 1. The zero-order valence-electron chi connectivity index (χ0n) is 8.41. The predicted octanol–water partition coefficient (Wildman–Crippen LogP) is 2.46. The van der Waals surface area contributed by atoms with Crippen LogP contribution >= 0.6 is 0 Å². The third-order valence-corrected chi connectivity index (χ3v) is 2.91. The summed E-state index contributed by atoms with van der Waals surface area (Å²) in [4.78, 5) is 5.65. The maximum absolute atomic E-state index is 12.8. The summed E-state index contributed by atoms with van der Waals surface area (Å²) in [7, 11) is 2.01. The number of anilines is 1. The molecule has 1 saturated carbocycles. The van der Waals surface area contributed by atoms with Crippen molar-refractivity contribution in [1.82, 2.24) is 4.98 Å². The lowest BCUT2D eigenvalue weighted by Gasteiger charge is -2.31. The van der Waals surface area contributed by atoms with Gasteiger partial charge in [0.1, 0.15) is 0 Å². The van der Waals surface area contributed by atoms with Gasteiger partial charge in [-0.3, -0.25) is 0 Å². The molecule has 0 atom stereocenters. The van der Waals surface area contributed by atoms with Crippen molar-refractivity contribution in [2.24, 2.45) is 5.92 Å². The molecule has 0 unspecified atom stereocenters. The average Bonchev–Trinajstić information content (AvgIpc) is 2.11. The maximum Gasteiger partial charge on any atom is 0.214 e. The van der Waals surface area contributed by atoms with E-state index in [1.165, 1.54) is 31.5 Å². The van der Waals surface area contributed by atoms with Crippen LogP contribution in [0.2, 0.25) is 0 Å². The molecule has 0 spiro atoms. The molecular weight excluding hydrogens is 179 g/mol. The second kappa shape index (κ2) is 3.95. The Morgan fingerprint density at radius 3 is 2.93 bits per heavy atom. The van der Waals surface area contributed by atoms with E-state index < -0.39 is 5.95 Å². The van der Waals surface area contributed by atoms with Crippen LogP contribution in [-0.4, -0.2) is 18.6 Å². The molecule has 1 aliphatic rings. The Hall–Kier alpha value is -1.12. The summed E-state index contributed by atoms with van der Waals surface area (Å²) in [5, 5.41) is 0. The zero-order chi connectivity index (χ0) is 9.97. The van der Waals surface area contributed by atoms with Gasteiger partial charge in [0.05, 0.1) is 0 Å². The fourth-order valence-electron chi connectivity index (χ4n) is 1.80. The highest BCUT2D eigenvalue weighted by molar-refractivity contribution is 5.43. The van der Waals surface area contributed by atoms with Gasteiger partial charge in [0, 0.05) is 31.5 Å². The maximum atomic E-state index is 12.8. The summed E-state index contributed by atoms with van der Waals surface area (Å²) in [6.45, 7) is 1.03. The molecule has 0 aliphatic heterocycles. The number of pyridine rings is 1. The van der Waals surface area contributed by atoms with E-state index in [9.17, 15) is 4.39 Å². The lowest BCUT2D eigenvalue weighted by molar-refractivity contribution is 0.321. The van der Waals surface area contributed by atoms with Gasteiger partial charge in [0.25, 0.3) is 0 Å². The van der Waals surface area contributed by atoms with Crippen LogP contribution in [-0.2, 0) is 0 Å². The van der Waals surface area contributed by atoms with E-state index in [0.29, 0.717) is 0 Å². The molecule has 1 aliphatic carbocycles. The first-order valence-corrected chi connectivity index (χ1v) is 5.08. The topological polar surface area (TPSA) is 16.1 Å². The molecule has 14 heavy (non-hydrogen) atoms. The zero-order valence-corrected chi connectivity index (χ0v) is 8.41. The highest BCUT2D eigenvalue weighted by atomic mass is 19.1. The van der Waals surface area contributed by atoms with E-state index >= 15 is 0 Å². The van der Waals surface area contributed by atoms with E-state index in [4.69, 9.17) is 0 Å². The van der Waals surface area contributed by atoms with Crippen LogP contribution in [0.1, 0.15) is 19.3 Å². The van der Waals surface area contributed by atoms with Gasteiger partial charge in [-0.2, -0.15) is 4.39 Å². The molecule has 0 radical (unpaired) electrons. The van der Waals surface area contributed by atoms with Gasteiger partial charge in [-0.15, -0.1) is 0 Å². The van der Waals surface area contributed by atoms with Crippen LogP contribution in [0, 0.1) is 11.9 Å². The van der Waals surface area contributed by atoms with Gasteiger partial charge in [-0.25, -0.2) is 4.98 Å². The Labute approximate surface area is 83.8 Å². The second-order valence-corrected chi connectivity index (χ2v) is 4.01. The molecule has 76 valence electrons. The Morgan fingerprint density at radius 2 is 2.36 bits per heavy atom. The predicted molar refractivity (Wildman–Crippen MR) is 54.8 cm³/mol. The minimum absolute atomic E-state index is 0.400. The molecule has 2 nitrogen and oxygen atoms in total. The lowest BCUT2D eigenvalue weighted by Crippen LogP contribution is -2.29. The Balaban J connectivity index is 1.98. The quantitative estimate of drug-likeness (QED) is 0.687. The molecule has 0 amide bonds. The van der Waals surface area contributed by atoms with Gasteiger partial charge in [-0.05, 0) is 24.8 Å². The van der Waals surface area contributed by atoms with Gasteiger partial charge in [0.2, 0.25) is 5.95 Å². The molecule has 0 saturated heterocycles. The van der Waals surface area contributed by atoms with Crippen LogP contribution in [0.5, 0.6) is 0 Å². The summed E-state index contributed by atoms with van der Waals surface area (Å²) >= 11 is 0. The molecule has 0 aromatic carbocycles. The van der Waals surface area contributed by atoms with Gasteiger partial charge in [0.15, 0.2) is 0 Å². The smallest absolute Gasteiger partial charge is 0.214 e. The van der Waals surface area contributed by atoms with Crippen LogP contribution in [0.25, 0.3) is 0 Å². The highest BCUT2D eigenvalue weighted by Crippen LogP contribution is 2.28. The first kappa shape index (κ1) is 9.44. The molecule has 1 heterocycles. The van der Waals surface area contributed by atoms with Crippen LogP contribution < -0.4 is 4.90 Å². The monoisotopic (exact) mass is 194 g/mol. The third kappa shape index (κ3) is 2.03. The number of hydrogen-bond acceptors (Lipinski definition) is 2. The van der Waals surface area contributed by atoms with Crippen LogP contribution in [0.4, 0.5) is 10.1 Å². The first-order chi connectivity index (χ1) is 6.75. The van der Waals surface area contributed by atoms with Crippen molar-refractivity contribution in [3.05, 3.63) is 24.3 Å². The van der Waals surface area contributed by atoms with E-state index in [-0.39, 0.29) is 0 Å². The number of nitrogens with zero attached hydrogens (tertiary/aromatic N) is 2. The van der Waals surface area contributed by atoms with Crippen molar-refractivity contribution < 1.29 is 4.39 Å². The third-order valence-electron chi connectivity index (χ3n) is 2.91. The molecule has 0 N–H and O–H groups in total. The molecular formula is C11H15FN2. The van der Waals surface area contributed by atoms with Gasteiger partial charge >= 0.3 is 0 Å². The summed E-state index contributed by atoms with van der Waals surface area (Å²) in [5.41, 5.74) is 0.921. The fourth-order valence-corrected chi connectivity index (χ4v) is 1.80. The van der Waals surface area contributed by atoms with E-state index in [1.54, 1.807) is 0 Å². The average molecular weight is 194 g/mol. The van der Waals surface area contributed by atoms with E-state index in [2.05, 4.69) is 9.88 Å². The molecule has 0 bridgehead atoms. The van der Waals surface area contributed by atoms with Crippen molar-refractivity contribution in [3.8, 4) is 0 Å². The first-order valence-electron chi connectivity index (χ1n) is 5.08. The normalized spacial score (nSPS) is 16.4. The Kier molecular flexibility index (Phi) is 2.66. The van der Waals surface area contributed by atoms with Crippen molar-refractivity contribution in [1.29, 1.82) is 0 Å². The Bertz CT molecular complexity index is 310.